The highest BCUT2D eigenvalue weighted by Crippen LogP contribution is 2.28. The van der Waals surface area contributed by atoms with Crippen molar-refractivity contribution in [1.29, 1.82) is 0 Å². The van der Waals surface area contributed by atoms with Gasteiger partial charge in [-0.1, -0.05) is 18.2 Å². The summed E-state index contributed by atoms with van der Waals surface area (Å²) in [7, 11) is 0. The van der Waals surface area contributed by atoms with Crippen molar-refractivity contribution in [2.75, 3.05) is 0 Å². The summed E-state index contributed by atoms with van der Waals surface area (Å²) in [4.78, 5) is 11.8. The third kappa shape index (κ3) is 2.79. The van der Waals surface area contributed by atoms with Crippen molar-refractivity contribution < 1.29 is 17.6 Å². The molecule has 0 aliphatic carbocycles. The number of aromatic nitrogens is 6. The topological polar surface area (TPSA) is 71.8 Å². The lowest BCUT2D eigenvalue weighted by Crippen LogP contribution is -2.07. The molecule has 3 aromatic heterocycles. The number of hydrogen-bond donors (Lipinski definition) is 1. The maximum Gasteiger partial charge on any atom is 0.451 e. The van der Waals surface area contributed by atoms with Gasteiger partial charge in [-0.25, -0.2) is 14.4 Å². The third-order valence-corrected chi connectivity index (χ3v) is 3.79. The van der Waals surface area contributed by atoms with Crippen LogP contribution in [0.2, 0.25) is 0 Å². The maximum atomic E-state index is 13.9. The predicted octanol–water partition coefficient (Wildman–Crippen LogP) is 3.26. The molecule has 0 bridgehead atoms. The Morgan fingerprint density at radius 1 is 1.12 bits per heavy atom. The van der Waals surface area contributed by atoms with E-state index in [1.165, 1.54) is 29.1 Å². The van der Waals surface area contributed by atoms with Crippen LogP contribution in [0.1, 0.15) is 17.1 Å². The number of aromatic amines is 1. The Morgan fingerprint density at radius 3 is 2.65 bits per heavy atom. The Bertz CT molecular complexity index is 1080. The standard InChI is InChI=1S/C16H10F4N6/c17-10-4-2-1-3-9(10)7-11-12-8-21-5-6-26(12)14(22-11)13-23-15(25-24-13)16(18,19)20/h1-6,8H,7H2,(H,23,24,25). The summed E-state index contributed by atoms with van der Waals surface area (Å²) in [6.45, 7) is 0. The van der Waals surface area contributed by atoms with E-state index >= 15 is 0 Å². The van der Waals surface area contributed by atoms with Gasteiger partial charge in [0.1, 0.15) is 5.82 Å². The van der Waals surface area contributed by atoms with E-state index in [9.17, 15) is 17.6 Å². The van der Waals surface area contributed by atoms with Gasteiger partial charge in [-0.3, -0.25) is 14.5 Å². The molecule has 0 radical (unpaired) electrons. The molecule has 0 atom stereocenters. The van der Waals surface area contributed by atoms with Gasteiger partial charge >= 0.3 is 6.18 Å². The van der Waals surface area contributed by atoms with E-state index in [4.69, 9.17) is 0 Å². The van der Waals surface area contributed by atoms with E-state index in [2.05, 4.69) is 20.1 Å². The van der Waals surface area contributed by atoms with Crippen LogP contribution in [-0.4, -0.2) is 29.5 Å². The number of H-pyrrole nitrogens is 1. The molecule has 3 heterocycles. The zero-order valence-electron chi connectivity index (χ0n) is 13.0. The van der Waals surface area contributed by atoms with E-state index < -0.39 is 17.8 Å². The number of fused-ring (bicyclic) bond motifs is 1. The van der Waals surface area contributed by atoms with E-state index in [0.717, 1.165) is 0 Å². The monoisotopic (exact) mass is 362 g/mol. The summed E-state index contributed by atoms with van der Waals surface area (Å²) in [6.07, 6.45) is 0.00675. The molecule has 0 saturated carbocycles. The molecule has 4 rings (SSSR count). The SMILES string of the molecule is Fc1ccccc1Cc1nc(-c2n[nH]c(C(F)(F)F)n2)n2ccncc12. The van der Waals surface area contributed by atoms with E-state index in [-0.39, 0.29) is 18.1 Å². The van der Waals surface area contributed by atoms with E-state index in [1.54, 1.807) is 18.2 Å². The minimum Gasteiger partial charge on any atom is -0.294 e. The van der Waals surface area contributed by atoms with Crippen molar-refractivity contribution in [2.45, 2.75) is 12.6 Å². The van der Waals surface area contributed by atoms with Crippen molar-refractivity contribution in [3.05, 3.63) is 65.8 Å². The smallest absolute Gasteiger partial charge is 0.294 e. The van der Waals surface area contributed by atoms with Gasteiger partial charge in [-0.2, -0.15) is 13.2 Å². The van der Waals surface area contributed by atoms with E-state index in [1.807, 2.05) is 5.10 Å². The third-order valence-electron chi connectivity index (χ3n) is 3.79. The Hall–Kier alpha value is -3.30. The van der Waals surface area contributed by atoms with Crippen LogP contribution in [0.3, 0.4) is 0 Å². The van der Waals surface area contributed by atoms with Crippen LogP contribution in [0.4, 0.5) is 17.6 Å². The van der Waals surface area contributed by atoms with Crippen LogP contribution in [0.15, 0.2) is 42.9 Å². The van der Waals surface area contributed by atoms with Gasteiger partial charge in [0.25, 0.3) is 0 Å². The highest BCUT2D eigenvalue weighted by atomic mass is 19.4. The van der Waals surface area contributed by atoms with Gasteiger partial charge in [-0.15, -0.1) is 5.10 Å². The van der Waals surface area contributed by atoms with Crippen LogP contribution in [0, 0.1) is 5.82 Å². The Balaban J connectivity index is 1.82. The normalized spacial score (nSPS) is 12.0. The number of nitrogens with zero attached hydrogens (tertiary/aromatic N) is 5. The number of hydrogen-bond acceptors (Lipinski definition) is 4. The lowest BCUT2D eigenvalue weighted by atomic mass is 10.1. The lowest BCUT2D eigenvalue weighted by Gasteiger charge is -2.00. The molecule has 0 spiro atoms. The molecule has 0 aliphatic heterocycles. The highest BCUT2D eigenvalue weighted by Gasteiger charge is 2.35. The van der Waals surface area contributed by atoms with Crippen LogP contribution in [0.5, 0.6) is 0 Å². The summed E-state index contributed by atoms with van der Waals surface area (Å²) in [5.41, 5.74) is 1.40. The summed E-state index contributed by atoms with van der Waals surface area (Å²) in [6, 6.07) is 6.22. The second-order valence-corrected chi connectivity index (χ2v) is 5.49. The van der Waals surface area contributed by atoms with Crippen LogP contribution in [0.25, 0.3) is 17.2 Å². The zero-order valence-corrected chi connectivity index (χ0v) is 13.0. The van der Waals surface area contributed by atoms with Crippen LogP contribution >= 0.6 is 0 Å². The molecule has 0 unspecified atom stereocenters. The number of rotatable bonds is 3. The Kier molecular flexibility index (Phi) is 3.67. The summed E-state index contributed by atoms with van der Waals surface area (Å²) >= 11 is 0. The molecular formula is C16H10F4N6. The second kappa shape index (κ2) is 5.90. The number of halogens is 4. The molecule has 4 aromatic rings. The predicted molar refractivity (Wildman–Crippen MR) is 82.6 cm³/mol. The summed E-state index contributed by atoms with van der Waals surface area (Å²) < 4.78 is 53.7. The van der Waals surface area contributed by atoms with E-state index in [0.29, 0.717) is 16.8 Å². The molecule has 10 heteroatoms. The lowest BCUT2D eigenvalue weighted by molar-refractivity contribution is -0.144. The molecular weight excluding hydrogens is 352 g/mol. The molecule has 132 valence electrons. The first kappa shape index (κ1) is 16.2. The van der Waals surface area contributed by atoms with Gasteiger partial charge < -0.3 is 0 Å². The first-order valence-corrected chi connectivity index (χ1v) is 7.48. The van der Waals surface area contributed by atoms with Gasteiger partial charge in [0.2, 0.25) is 11.6 Å². The van der Waals surface area contributed by atoms with Crippen LogP contribution < -0.4 is 0 Å². The Morgan fingerprint density at radius 2 is 1.92 bits per heavy atom. The average molecular weight is 362 g/mol. The fraction of sp³-hybridized carbons (Fsp3) is 0.125. The number of benzene rings is 1. The first-order valence-electron chi connectivity index (χ1n) is 7.48. The fourth-order valence-electron chi connectivity index (χ4n) is 2.60. The van der Waals surface area contributed by atoms with Crippen molar-refractivity contribution in [3.63, 3.8) is 0 Å². The largest absolute Gasteiger partial charge is 0.451 e. The van der Waals surface area contributed by atoms with Crippen molar-refractivity contribution in [1.82, 2.24) is 29.5 Å². The van der Waals surface area contributed by atoms with Gasteiger partial charge in [0.15, 0.2) is 5.82 Å². The molecule has 0 aliphatic rings. The molecule has 0 fully saturated rings. The zero-order chi connectivity index (χ0) is 18.3. The molecule has 26 heavy (non-hydrogen) atoms. The van der Waals surface area contributed by atoms with Crippen LogP contribution in [-0.2, 0) is 12.6 Å². The molecule has 1 aromatic carbocycles. The second-order valence-electron chi connectivity index (χ2n) is 5.49. The molecule has 0 amide bonds. The minimum atomic E-state index is -4.64. The van der Waals surface area contributed by atoms with Crippen molar-refractivity contribution in [2.24, 2.45) is 0 Å². The summed E-state index contributed by atoms with van der Waals surface area (Å²) in [5.74, 6) is -1.70. The quantitative estimate of drug-likeness (QED) is 0.568. The fourth-order valence-corrected chi connectivity index (χ4v) is 2.60. The van der Waals surface area contributed by atoms with Gasteiger partial charge in [0.05, 0.1) is 17.4 Å². The molecule has 6 nitrogen and oxygen atoms in total. The summed E-state index contributed by atoms with van der Waals surface area (Å²) in [5, 5.41) is 5.47. The Labute approximate surface area is 143 Å². The number of imidazole rings is 1. The number of nitrogens with one attached hydrogen (secondary N) is 1. The van der Waals surface area contributed by atoms with Crippen molar-refractivity contribution in [3.8, 4) is 11.6 Å². The maximum absolute atomic E-state index is 13.9. The molecule has 1 N–H and O–H groups in total. The molecule has 0 saturated heterocycles. The first-order chi connectivity index (χ1) is 12.4. The number of alkyl halides is 3. The van der Waals surface area contributed by atoms with Crippen molar-refractivity contribution >= 4 is 5.52 Å². The van der Waals surface area contributed by atoms with Gasteiger partial charge in [0, 0.05) is 18.8 Å². The van der Waals surface area contributed by atoms with Gasteiger partial charge in [-0.05, 0) is 11.6 Å². The minimum absolute atomic E-state index is 0.112. The highest BCUT2D eigenvalue weighted by molar-refractivity contribution is 5.61. The average Bonchev–Trinajstić information content (AvgIpc) is 3.22.